The topological polar surface area (TPSA) is 0 Å². The Hall–Kier alpha value is -2.30. The van der Waals surface area contributed by atoms with E-state index in [0.717, 1.165) is 0 Å². The summed E-state index contributed by atoms with van der Waals surface area (Å²) in [7, 11) is 0. The van der Waals surface area contributed by atoms with E-state index in [1.165, 1.54) is 44.5 Å². The molecule has 3 rings (SSSR count). The first-order valence-electron chi connectivity index (χ1n) is 7.39. The van der Waals surface area contributed by atoms with Gasteiger partial charge in [0.15, 0.2) is 0 Å². The van der Waals surface area contributed by atoms with Crippen molar-refractivity contribution < 1.29 is 0 Å². The first-order chi connectivity index (χ1) is 10.0. The molecule has 0 spiro atoms. The SMILES string of the molecule is CC1=C=C(c2ccc(C)c(-c3ccc(C)cc3C)c2)C=C1. The minimum atomic E-state index is 1.18. The van der Waals surface area contributed by atoms with E-state index in [1.54, 1.807) is 0 Å². The fraction of sp³-hybridized carbons (Fsp3) is 0.190. The maximum absolute atomic E-state index is 3.41. The standard InChI is InChI=1S/C21H20/c1-14-6-10-20(17(4)11-14)21-13-19(9-7-16(21)3)18-8-5-15(2)12-18/h5-11,13H,1-4H3. The Morgan fingerprint density at radius 1 is 0.714 bits per heavy atom. The maximum Gasteiger partial charge on any atom is 0.0240 e. The van der Waals surface area contributed by atoms with Crippen molar-refractivity contribution in [2.75, 3.05) is 0 Å². The molecular weight excluding hydrogens is 252 g/mol. The summed E-state index contributed by atoms with van der Waals surface area (Å²) < 4.78 is 0. The second kappa shape index (κ2) is 5.24. The lowest BCUT2D eigenvalue weighted by Crippen LogP contribution is -1.90. The van der Waals surface area contributed by atoms with Crippen LogP contribution >= 0.6 is 0 Å². The van der Waals surface area contributed by atoms with Crippen molar-refractivity contribution in [2.45, 2.75) is 27.7 Å². The lowest BCUT2D eigenvalue weighted by molar-refractivity contribution is 1.36. The van der Waals surface area contributed by atoms with E-state index in [2.05, 4.69) is 82.0 Å². The van der Waals surface area contributed by atoms with Gasteiger partial charge in [0.2, 0.25) is 0 Å². The lowest BCUT2D eigenvalue weighted by atomic mass is 9.92. The van der Waals surface area contributed by atoms with Crippen molar-refractivity contribution in [3.05, 3.63) is 82.1 Å². The highest BCUT2D eigenvalue weighted by atomic mass is 14.1. The first kappa shape index (κ1) is 13.7. The van der Waals surface area contributed by atoms with Crippen LogP contribution in [-0.4, -0.2) is 0 Å². The molecule has 2 aromatic rings. The molecule has 0 heterocycles. The van der Waals surface area contributed by atoms with Crippen LogP contribution in [0, 0.1) is 20.8 Å². The van der Waals surface area contributed by atoms with Crippen LogP contribution in [-0.2, 0) is 0 Å². The van der Waals surface area contributed by atoms with E-state index in [9.17, 15) is 0 Å². The molecule has 0 amide bonds. The zero-order chi connectivity index (χ0) is 15.0. The van der Waals surface area contributed by atoms with Crippen molar-refractivity contribution in [2.24, 2.45) is 0 Å². The Labute approximate surface area is 127 Å². The second-order valence-electron chi connectivity index (χ2n) is 5.90. The highest BCUT2D eigenvalue weighted by Gasteiger charge is 2.09. The van der Waals surface area contributed by atoms with Crippen LogP contribution in [0.1, 0.15) is 29.2 Å². The molecule has 0 atom stereocenters. The second-order valence-corrected chi connectivity index (χ2v) is 5.90. The molecule has 0 aromatic heterocycles. The van der Waals surface area contributed by atoms with Crippen LogP contribution in [0.4, 0.5) is 0 Å². The van der Waals surface area contributed by atoms with Gasteiger partial charge in [0.1, 0.15) is 0 Å². The Bertz CT molecular complexity index is 810. The van der Waals surface area contributed by atoms with Gasteiger partial charge in [0, 0.05) is 5.57 Å². The van der Waals surface area contributed by atoms with Crippen LogP contribution < -0.4 is 0 Å². The molecule has 21 heavy (non-hydrogen) atoms. The third-order valence-electron chi connectivity index (χ3n) is 4.05. The number of aryl methyl sites for hydroxylation is 3. The molecule has 0 radical (unpaired) electrons. The molecule has 0 bridgehead atoms. The molecule has 0 unspecified atom stereocenters. The summed E-state index contributed by atoms with van der Waals surface area (Å²) in [4.78, 5) is 0. The Kier molecular flexibility index (Phi) is 3.41. The van der Waals surface area contributed by atoms with Gasteiger partial charge in [0.25, 0.3) is 0 Å². The molecule has 0 heteroatoms. The normalized spacial score (nSPS) is 13.3. The van der Waals surface area contributed by atoms with Crippen LogP contribution in [0.3, 0.4) is 0 Å². The van der Waals surface area contributed by atoms with Crippen LogP contribution in [0.5, 0.6) is 0 Å². The summed E-state index contributed by atoms with van der Waals surface area (Å²) in [5, 5.41) is 0. The average molecular weight is 272 g/mol. The Morgan fingerprint density at radius 2 is 1.52 bits per heavy atom. The van der Waals surface area contributed by atoms with E-state index >= 15 is 0 Å². The predicted molar refractivity (Wildman–Crippen MR) is 91.3 cm³/mol. The highest BCUT2D eigenvalue weighted by Crippen LogP contribution is 2.31. The molecule has 104 valence electrons. The summed E-state index contributed by atoms with van der Waals surface area (Å²) in [6, 6.07) is 13.4. The van der Waals surface area contributed by atoms with Gasteiger partial charge < -0.3 is 0 Å². The van der Waals surface area contributed by atoms with Crippen molar-refractivity contribution in [1.82, 2.24) is 0 Å². The maximum atomic E-state index is 3.41. The molecule has 1 aliphatic rings. The zero-order valence-corrected chi connectivity index (χ0v) is 13.1. The van der Waals surface area contributed by atoms with Gasteiger partial charge in [-0.05, 0) is 73.2 Å². The van der Waals surface area contributed by atoms with Crippen molar-refractivity contribution in [3.63, 3.8) is 0 Å². The molecule has 0 saturated heterocycles. The van der Waals surface area contributed by atoms with Crippen molar-refractivity contribution >= 4 is 5.57 Å². The molecule has 0 nitrogen and oxygen atoms in total. The minimum Gasteiger partial charge on any atom is -0.109 e. The molecule has 0 N–H and O–H groups in total. The van der Waals surface area contributed by atoms with Crippen molar-refractivity contribution in [3.8, 4) is 11.1 Å². The fourth-order valence-corrected chi connectivity index (χ4v) is 2.87. The average Bonchev–Trinajstić information content (AvgIpc) is 2.87. The predicted octanol–water partition coefficient (Wildman–Crippen LogP) is 5.78. The summed E-state index contributed by atoms with van der Waals surface area (Å²) in [6.45, 7) is 8.59. The number of rotatable bonds is 2. The first-order valence-corrected chi connectivity index (χ1v) is 7.39. The van der Waals surface area contributed by atoms with Gasteiger partial charge in [0.05, 0.1) is 0 Å². The number of hydrogen-bond acceptors (Lipinski definition) is 0. The number of allylic oxidation sites excluding steroid dienone is 3. The Balaban J connectivity index is 2.15. The van der Waals surface area contributed by atoms with Gasteiger partial charge in [-0.15, -0.1) is 5.73 Å². The van der Waals surface area contributed by atoms with E-state index in [0.29, 0.717) is 0 Å². The number of benzene rings is 2. The molecule has 2 aromatic carbocycles. The third-order valence-corrected chi connectivity index (χ3v) is 4.05. The third kappa shape index (κ3) is 2.63. The molecule has 0 saturated carbocycles. The van der Waals surface area contributed by atoms with Gasteiger partial charge >= 0.3 is 0 Å². The fourth-order valence-electron chi connectivity index (χ4n) is 2.87. The smallest absolute Gasteiger partial charge is 0.0240 e. The van der Waals surface area contributed by atoms with Gasteiger partial charge in [-0.25, -0.2) is 0 Å². The van der Waals surface area contributed by atoms with Gasteiger partial charge in [-0.2, -0.15) is 0 Å². The zero-order valence-electron chi connectivity index (χ0n) is 13.1. The largest absolute Gasteiger partial charge is 0.109 e. The van der Waals surface area contributed by atoms with Crippen LogP contribution in [0.25, 0.3) is 16.7 Å². The van der Waals surface area contributed by atoms with Crippen molar-refractivity contribution in [1.29, 1.82) is 0 Å². The lowest BCUT2D eigenvalue weighted by Gasteiger charge is -2.12. The summed E-state index contributed by atoms with van der Waals surface area (Å²) in [5.41, 5.74) is 13.6. The van der Waals surface area contributed by atoms with Crippen LogP contribution in [0.2, 0.25) is 0 Å². The van der Waals surface area contributed by atoms with E-state index in [-0.39, 0.29) is 0 Å². The van der Waals surface area contributed by atoms with E-state index in [1.807, 2.05) is 0 Å². The molecular formula is C21H20. The van der Waals surface area contributed by atoms with Crippen LogP contribution in [0.15, 0.2) is 59.9 Å². The summed E-state index contributed by atoms with van der Waals surface area (Å²) in [5.74, 6) is 0. The molecule has 0 fully saturated rings. The summed E-state index contributed by atoms with van der Waals surface area (Å²) in [6.07, 6.45) is 4.26. The van der Waals surface area contributed by atoms with E-state index in [4.69, 9.17) is 0 Å². The summed E-state index contributed by atoms with van der Waals surface area (Å²) >= 11 is 0. The number of hydrogen-bond donors (Lipinski definition) is 0. The quantitative estimate of drug-likeness (QED) is 0.608. The highest BCUT2D eigenvalue weighted by molar-refractivity contribution is 5.81. The Morgan fingerprint density at radius 3 is 2.19 bits per heavy atom. The van der Waals surface area contributed by atoms with Gasteiger partial charge in [-0.1, -0.05) is 42.0 Å². The monoisotopic (exact) mass is 272 g/mol. The van der Waals surface area contributed by atoms with Gasteiger partial charge in [-0.3, -0.25) is 0 Å². The van der Waals surface area contributed by atoms with E-state index < -0.39 is 0 Å². The molecule has 1 aliphatic carbocycles. The minimum absolute atomic E-state index is 1.18. The molecule has 0 aliphatic heterocycles.